The number of hydrogen-bond donors (Lipinski definition) is 0. The molecular weight excluding hydrogens is 206 g/mol. The first-order valence-corrected chi connectivity index (χ1v) is 8.12. The Bertz CT molecular complexity index is 230. The lowest BCUT2D eigenvalue weighted by atomic mass is 9.85. The Morgan fingerprint density at radius 3 is 2.06 bits per heavy atom. The second-order valence-electron chi connectivity index (χ2n) is 6.83. The van der Waals surface area contributed by atoms with Crippen molar-refractivity contribution in [3.05, 3.63) is 0 Å². The minimum Gasteiger partial charge on any atom is -0.297 e. The summed E-state index contributed by atoms with van der Waals surface area (Å²) in [6.45, 7) is 3.84. The summed E-state index contributed by atoms with van der Waals surface area (Å²) in [6.07, 6.45) is 15.0. The topological polar surface area (TPSA) is 3.24 Å². The number of hydrogen-bond acceptors (Lipinski definition) is 1. The molecule has 2 atom stereocenters. The maximum absolute atomic E-state index is 2.93. The van der Waals surface area contributed by atoms with Crippen LogP contribution in [-0.4, -0.2) is 23.5 Å². The minimum absolute atomic E-state index is 0.973. The van der Waals surface area contributed by atoms with Gasteiger partial charge < -0.3 is 0 Å². The van der Waals surface area contributed by atoms with Gasteiger partial charge in [-0.25, -0.2) is 0 Å². The molecule has 98 valence electrons. The van der Waals surface area contributed by atoms with Gasteiger partial charge in [0.2, 0.25) is 0 Å². The molecule has 0 aromatic heterocycles. The van der Waals surface area contributed by atoms with Crippen LogP contribution in [0.5, 0.6) is 0 Å². The molecule has 3 aliphatic rings. The quantitative estimate of drug-likeness (QED) is 0.708. The SMILES string of the molecule is CCC1CC2CCC(C1)N2CC1CCCCC1. The summed E-state index contributed by atoms with van der Waals surface area (Å²) < 4.78 is 0. The summed E-state index contributed by atoms with van der Waals surface area (Å²) >= 11 is 0. The van der Waals surface area contributed by atoms with E-state index in [0.29, 0.717) is 0 Å². The van der Waals surface area contributed by atoms with Crippen LogP contribution in [0.15, 0.2) is 0 Å². The van der Waals surface area contributed by atoms with Crippen LogP contribution in [0, 0.1) is 11.8 Å². The Balaban J connectivity index is 1.57. The standard InChI is InChI=1S/C16H29N/c1-2-13-10-15-8-9-16(11-13)17(15)12-14-6-4-3-5-7-14/h13-16H,2-12H2,1H3. The fourth-order valence-corrected chi connectivity index (χ4v) is 4.69. The van der Waals surface area contributed by atoms with Crippen molar-refractivity contribution in [1.82, 2.24) is 4.90 Å². The molecule has 0 aromatic carbocycles. The molecule has 2 saturated heterocycles. The van der Waals surface area contributed by atoms with Crippen molar-refractivity contribution in [1.29, 1.82) is 0 Å². The molecule has 0 radical (unpaired) electrons. The highest BCUT2D eigenvalue weighted by Gasteiger charge is 2.40. The molecule has 1 heteroatoms. The Hall–Kier alpha value is -0.0400. The van der Waals surface area contributed by atoms with Crippen LogP contribution < -0.4 is 0 Å². The van der Waals surface area contributed by atoms with Crippen LogP contribution in [0.1, 0.15) is 71.1 Å². The Kier molecular flexibility index (Phi) is 3.75. The van der Waals surface area contributed by atoms with Crippen LogP contribution in [0.25, 0.3) is 0 Å². The highest BCUT2D eigenvalue weighted by Crippen LogP contribution is 2.41. The van der Waals surface area contributed by atoms with Crippen molar-refractivity contribution in [3.8, 4) is 0 Å². The third kappa shape index (κ3) is 2.54. The molecule has 2 bridgehead atoms. The van der Waals surface area contributed by atoms with Gasteiger partial charge >= 0.3 is 0 Å². The number of fused-ring (bicyclic) bond motifs is 2. The van der Waals surface area contributed by atoms with Crippen LogP contribution in [0.3, 0.4) is 0 Å². The Labute approximate surface area is 107 Å². The number of piperidine rings is 1. The van der Waals surface area contributed by atoms with Crippen molar-refractivity contribution in [2.45, 2.75) is 83.2 Å². The van der Waals surface area contributed by atoms with Crippen molar-refractivity contribution in [2.24, 2.45) is 11.8 Å². The zero-order valence-corrected chi connectivity index (χ0v) is 11.5. The van der Waals surface area contributed by atoms with Gasteiger partial charge in [-0.05, 0) is 50.4 Å². The maximum atomic E-state index is 2.93. The van der Waals surface area contributed by atoms with E-state index in [1.807, 2.05) is 0 Å². The first-order chi connectivity index (χ1) is 8.36. The zero-order chi connectivity index (χ0) is 11.7. The molecule has 0 aromatic rings. The monoisotopic (exact) mass is 235 g/mol. The lowest BCUT2D eigenvalue weighted by Crippen LogP contribution is -2.45. The maximum Gasteiger partial charge on any atom is 0.0101 e. The fourth-order valence-electron chi connectivity index (χ4n) is 4.69. The van der Waals surface area contributed by atoms with E-state index >= 15 is 0 Å². The number of nitrogens with zero attached hydrogens (tertiary/aromatic N) is 1. The predicted molar refractivity (Wildman–Crippen MR) is 73.1 cm³/mol. The normalized spacial score (nSPS) is 39.7. The highest BCUT2D eigenvalue weighted by molar-refractivity contribution is 4.95. The van der Waals surface area contributed by atoms with E-state index in [1.54, 1.807) is 0 Å². The van der Waals surface area contributed by atoms with Gasteiger partial charge in [0.1, 0.15) is 0 Å². The molecule has 0 N–H and O–H groups in total. The molecule has 1 saturated carbocycles. The summed E-state index contributed by atoms with van der Waals surface area (Å²) in [5.41, 5.74) is 0. The van der Waals surface area contributed by atoms with Gasteiger partial charge in [-0.2, -0.15) is 0 Å². The van der Waals surface area contributed by atoms with E-state index in [4.69, 9.17) is 0 Å². The van der Waals surface area contributed by atoms with Gasteiger partial charge in [0.25, 0.3) is 0 Å². The van der Waals surface area contributed by atoms with E-state index in [9.17, 15) is 0 Å². The molecule has 2 unspecified atom stereocenters. The van der Waals surface area contributed by atoms with Gasteiger partial charge in [0.15, 0.2) is 0 Å². The van der Waals surface area contributed by atoms with Crippen molar-refractivity contribution >= 4 is 0 Å². The van der Waals surface area contributed by atoms with E-state index < -0.39 is 0 Å². The Morgan fingerprint density at radius 2 is 1.47 bits per heavy atom. The molecule has 2 aliphatic heterocycles. The molecule has 3 rings (SSSR count). The van der Waals surface area contributed by atoms with Gasteiger partial charge in [-0.3, -0.25) is 4.90 Å². The molecule has 0 amide bonds. The Morgan fingerprint density at radius 1 is 0.824 bits per heavy atom. The molecule has 2 heterocycles. The highest BCUT2D eigenvalue weighted by atomic mass is 15.2. The summed E-state index contributed by atoms with van der Waals surface area (Å²) in [7, 11) is 0. The second-order valence-corrected chi connectivity index (χ2v) is 6.83. The lowest BCUT2D eigenvalue weighted by Gasteiger charge is -2.41. The summed E-state index contributed by atoms with van der Waals surface area (Å²) in [6, 6.07) is 1.95. The third-order valence-corrected chi connectivity index (χ3v) is 5.75. The first-order valence-electron chi connectivity index (χ1n) is 8.12. The van der Waals surface area contributed by atoms with E-state index in [1.165, 1.54) is 70.8 Å². The van der Waals surface area contributed by atoms with Gasteiger partial charge in [-0.15, -0.1) is 0 Å². The third-order valence-electron chi connectivity index (χ3n) is 5.75. The van der Waals surface area contributed by atoms with Crippen LogP contribution in [0.4, 0.5) is 0 Å². The average Bonchev–Trinajstić information content (AvgIpc) is 2.63. The van der Waals surface area contributed by atoms with E-state index in [0.717, 1.165) is 23.9 Å². The van der Waals surface area contributed by atoms with Crippen molar-refractivity contribution in [3.63, 3.8) is 0 Å². The molecule has 1 nitrogen and oxygen atoms in total. The van der Waals surface area contributed by atoms with E-state index in [2.05, 4.69) is 11.8 Å². The van der Waals surface area contributed by atoms with Gasteiger partial charge in [0, 0.05) is 18.6 Å². The zero-order valence-electron chi connectivity index (χ0n) is 11.5. The van der Waals surface area contributed by atoms with Crippen molar-refractivity contribution in [2.75, 3.05) is 6.54 Å². The van der Waals surface area contributed by atoms with Crippen LogP contribution >= 0.6 is 0 Å². The fraction of sp³-hybridized carbons (Fsp3) is 1.00. The van der Waals surface area contributed by atoms with Crippen LogP contribution in [0.2, 0.25) is 0 Å². The molecule has 0 spiro atoms. The number of rotatable bonds is 3. The molecule has 3 fully saturated rings. The van der Waals surface area contributed by atoms with Crippen LogP contribution in [-0.2, 0) is 0 Å². The lowest BCUT2D eigenvalue weighted by molar-refractivity contribution is 0.0767. The van der Waals surface area contributed by atoms with Gasteiger partial charge in [0.05, 0.1) is 0 Å². The molecule has 1 aliphatic carbocycles. The van der Waals surface area contributed by atoms with Gasteiger partial charge in [-0.1, -0.05) is 32.6 Å². The average molecular weight is 235 g/mol. The van der Waals surface area contributed by atoms with Crippen molar-refractivity contribution < 1.29 is 0 Å². The summed E-state index contributed by atoms with van der Waals surface area (Å²) in [5, 5.41) is 0. The summed E-state index contributed by atoms with van der Waals surface area (Å²) in [4.78, 5) is 2.93. The first kappa shape index (κ1) is 12.0. The second kappa shape index (κ2) is 5.30. The summed E-state index contributed by atoms with van der Waals surface area (Å²) in [5.74, 6) is 2.10. The molecule has 17 heavy (non-hydrogen) atoms. The van der Waals surface area contributed by atoms with E-state index in [-0.39, 0.29) is 0 Å². The minimum atomic E-state index is 0.973. The smallest absolute Gasteiger partial charge is 0.0101 e. The largest absolute Gasteiger partial charge is 0.297 e. The molecular formula is C16H29N. The predicted octanol–water partition coefficient (Wildman–Crippen LogP) is 4.22.